The van der Waals surface area contributed by atoms with E-state index in [1.807, 2.05) is 27.7 Å². The molecule has 0 saturated carbocycles. The second-order valence-electron chi connectivity index (χ2n) is 4.19. The minimum atomic E-state index is -0.748. The van der Waals surface area contributed by atoms with Crippen LogP contribution in [0, 0.1) is 0 Å². The molecule has 1 aliphatic rings. The van der Waals surface area contributed by atoms with E-state index in [0.29, 0.717) is 0 Å². The topological polar surface area (TPSA) is 49.3 Å². The molecular formula is C9H18ClNO2S. The van der Waals surface area contributed by atoms with Crippen molar-refractivity contribution < 1.29 is 9.90 Å². The fourth-order valence-electron chi connectivity index (χ4n) is 1.77. The highest BCUT2D eigenvalue weighted by molar-refractivity contribution is 8.02. The Morgan fingerprint density at radius 1 is 1.50 bits per heavy atom. The predicted octanol–water partition coefficient (Wildman–Crippen LogP) is 2.10. The first-order valence-corrected chi connectivity index (χ1v) is 5.33. The second-order valence-corrected chi connectivity index (χ2v) is 6.35. The summed E-state index contributed by atoms with van der Waals surface area (Å²) >= 11 is 1.71. The van der Waals surface area contributed by atoms with Gasteiger partial charge in [-0.05, 0) is 27.2 Å². The zero-order valence-electron chi connectivity index (χ0n) is 8.96. The lowest BCUT2D eigenvalue weighted by Crippen LogP contribution is -2.47. The molecule has 84 valence electrons. The van der Waals surface area contributed by atoms with Crippen molar-refractivity contribution in [1.82, 2.24) is 5.32 Å². The fourth-order valence-corrected chi connectivity index (χ4v) is 3.54. The maximum absolute atomic E-state index is 11.0. The van der Waals surface area contributed by atoms with Crippen LogP contribution in [0.15, 0.2) is 0 Å². The van der Waals surface area contributed by atoms with E-state index in [0.717, 1.165) is 6.42 Å². The van der Waals surface area contributed by atoms with Crippen molar-refractivity contribution in [3.8, 4) is 0 Å². The van der Waals surface area contributed by atoms with Gasteiger partial charge in [0.05, 0.1) is 4.87 Å². The maximum Gasteiger partial charge on any atom is 0.322 e. The van der Waals surface area contributed by atoms with Crippen molar-refractivity contribution in [2.75, 3.05) is 0 Å². The molecular weight excluding hydrogens is 222 g/mol. The molecule has 1 heterocycles. The molecule has 14 heavy (non-hydrogen) atoms. The van der Waals surface area contributed by atoms with E-state index in [4.69, 9.17) is 5.11 Å². The van der Waals surface area contributed by atoms with Crippen LogP contribution in [-0.4, -0.2) is 26.7 Å². The Morgan fingerprint density at radius 3 is 2.29 bits per heavy atom. The number of thioether (sulfide) groups is 1. The molecule has 0 aliphatic carbocycles. The van der Waals surface area contributed by atoms with Crippen LogP contribution in [0.4, 0.5) is 0 Å². The lowest BCUT2D eigenvalue weighted by Gasteiger charge is -2.25. The normalized spacial score (nSPS) is 35.0. The molecule has 0 amide bonds. The van der Waals surface area contributed by atoms with Gasteiger partial charge in [-0.1, -0.05) is 6.92 Å². The molecule has 2 N–H and O–H groups in total. The quantitative estimate of drug-likeness (QED) is 0.775. The highest BCUT2D eigenvalue weighted by Gasteiger charge is 2.50. The van der Waals surface area contributed by atoms with Gasteiger partial charge in [-0.15, -0.1) is 24.2 Å². The van der Waals surface area contributed by atoms with Gasteiger partial charge in [0.2, 0.25) is 0 Å². The third-order valence-corrected chi connectivity index (χ3v) is 4.16. The number of aliphatic carboxylic acids is 1. The van der Waals surface area contributed by atoms with Gasteiger partial charge < -0.3 is 5.11 Å². The van der Waals surface area contributed by atoms with Crippen LogP contribution >= 0.6 is 24.2 Å². The molecule has 1 saturated heterocycles. The molecule has 2 atom stereocenters. The molecule has 3 nitrogen and oxygen atoms in total. The Bertz CT molecular complexity index is 235. The first kappa shape index (κ1) is 14.1. The van der Waals surface area contributed by atoms with Gasteiger partial charge in [0.25, 0.3) is 0 Å². The summed E-state index contributed by atoms with van der Waals surface area (Å²) in [5.41, 5.74) is 0. The van der Waals surface area contributed by atoms with Crippen molar-refractivity contribution in [3.63, 3.8) is 0 Å². The Hall–Kier alpha value is 0.0700. The van der Waals surface area contributed by atoms with Gasteiger partial charge in [-0.25, -0.2) is 0 Å². The van der Waals surface area contributed by atoms with Crippen molar-refractivity contribution in [1.29, 1.82) is 0 Å². The monoisotopic (exact) mass is 239 g/mol. The van der Waals surface area contributed by atoms with Crippen LogP contribution < -0.4 is 5.32 Å². The van der Waals surface area contributed by atoms with Crippen LogP contribution in [0.2, 0.25) is 0 Å². The number of nitrogens with one attached hydrogen (secondary N) is 1. The molecule has 1 fully saturated rings. The van der Waals surface area contributed by atoms with Gasteiger partial charge in [0, 0.05) is 4.75 Å². The summed E-state index contributed by atoms with van der Waals surface area (Å²) in [6, 6.07) is -0.433. The highest BCUT2D eigenvalue weighted by Crippen LogP contribution is 2.46. The van der Waals surface area contributed by atoms with E-state index >= 15 is 0 Å². The number of carboxylic acids is 1. The Morgan fingerprint density at radius 2 is 2.00 bits per heavy atom. The minimum absolute atomic E-state index is 0. The lowest BCUT2D eigenvalue weighted by molar-refractivity contribution is -0.140. The molecule has 0 aromatic rings. The van der Waals surface area contributed by atoms with Crippen LogP contribution in [0.25, 0.3) is 0 Å². The van der Waals surface area contributed by atoms with E-state index in [-0.39, 0.29) is 22.0 Å². The Kier molecular flexibility index (Phi) is 4.31. The molecule has 1 rings (SSSR count). The van der Waals surface area contributed by atoms with Gasteiger partial charge >= 0.3 is 5.97 Å². The van der Waals surface area contributed by atoms with Crippen LogP contribution in [0.5, 0.6) is 0 Å². The third kappa shape index (κ3) is 2.55. The lowest BCUT2D eigenvalue weighted by atomic mass is 9.98. The van der Waals surface area contributed by atoms with Gasteiger partial charge in [0.15, 0.2) is 0 Å². The van der Waals surface area contributed by atoms with Gasteiger partial charge in [-0.2, -0.15) is 0 Å². The van der Waals surface area contributed by atoms with E-state index in [9.17, 15) is 4.79 Å². The third-order valence-electron chi connectivity index (χ3n) is 2.54. The second kappa shape index (κ2) is 4.29. The Balaban J connectivity index is 0.00000169. The highest BCUT2D eigenvalue weighted by atomic mass is 35.5. The van der Waals surface area contributed by atoms with E-state index in [2.05, 4.69) is 5.32 Å². The number of carbonyl (C=O) groups is 1. The molecule has 1 aliphatic heterocycles. The number of rotatable bonds is 2. The Labute approximate surface area is 95.4 Å². The zero-order chi connectivity index (χ0) is 10.3. The fraction of sp³-hybridized carbons (Fsp3) is 0.889. The maximum atomic E-state index is 11.0. The number of halogens is 1. The predicted molar refractivity (Wildman–Crippen MR) is 62.2 cm³/mol. The van der Waals surface area contributed by atoms with Crippen molar-refractivity contribution in [2.24, 2.45) is 0 Å². The first-order chi connectivity index (χ1) is 5.81. The molecule has 0 spiro atoms. The van der Waals surface area contributed by atoms with Crippen molar-refractivity contribution in [2.45, 2.75) is 49.8 Å². The van der Waals surface area contributed by atoms with Crippen molar-refractivity contribution in [3.05, 3.63) is 0 Å². The van der Waals surface area contributed by atoms with E-state index in [1.54, 1.807) is 11.8 Å². The average molecular weight is 240 g/mol. The summed E-state index contributed by atoms with van der Waals surface area (Å²) in [6.45, 7) is 8.09. The first-order valence-electron chi connectivity index (χ1n) is 4.51. The van der Waals surface area contributed by atoms with Gasteiger partial charge in [0.1, 0.15) is 6.04 Å². The summed E-state index contributed by atoms with van der Waals surface area (Å²) in [5.74, 6) is -0.748. The zero-order valence-corrected chi connectivity index (χ0v) is 10.6. The number of hydrogen-bond donors (Lipinski definition) is 2. The molecule has 0 bridgehead atoms. The molecule has 0 aromatic carbocycles. The summed E-state index contributed by atoms with van der Waals surface area (Å²) in [4.78, 5) is 10.9. The molecule has 2 unspecified atom stereocenters. The van der Waals surface area contributed by atoms with Crippen LogP contribution in [0.1, 0.15) is 34.1 Å². The van der Waals surface area contributed by atoms with Crippen LogP contribution in [0.3, 0.4) is 0 Å². The van der Waals surface area contributed by atoms with Crippen molar-refractivity contribution >= 4 is 30.1 Å². The average Bonchev–Trinajstić information content (AvgIpc) is 2.22. The molecule has 5 heteroatoms. The van der Waals surface area contributed by atoms with Gasteiger partial charge in [-0.3, -0.25) is 10.1 Å². The summed E-state index contributed by atoms with van der Waals surface area (Å²) in [5, 5.41) is 12.2. The summed E-state index contributed by atoms with van der Waals surface area (Å²) in [7, 11) is 0. The summed E-state index contributed by atoms with van der Waals surface area (Å²) in [6.07, 6.45) is 0.866. The molecule has 0 radical (unpaired) electrons. The number of carboxylic acid groups (broad SMARTS) is 1. The van der Waals surface area contributed by atoms with E-state index < -0.39 is 12.0 Å². The SMILES string of the molecule is CCC1(C)SC(C)(C)NC1C(=O)O.Cl. The van der Waals surface area contributed by atoms with E-state index in [1.165, 1.54) is 0 Å². The molecule has 0 aromatic heterocycles. The smallest absolute Gasteiger partial charge is 0.322 e. The minimum Gasteiger partial charge on any atom is -0.480 e. The largest absolute Gasteiger partial charge is 0.480 e. The standard InChI is InChI=1S/C9H17NO2S.ClH/c1-5-9(4)6(7(11)12)10-8(2,3)13-9;/h6,10H,5H2,1-4H3,(H,11,12);1H. The summed E-state index contributed by atoms with van der Waals surface area (Å²) < 4.78 is -0.185. The number of hydrogen-bond acceptors (Lipinski definition) is 3. The van der Waals surface area contributed by atoms with Crippen LogP contribution in [-0.2, 0) is 4.79 Å².